The number of aliphatic hydroxyl groups is 3. The van der Waals surface area contributed by atoms with Crippen LogP contribution in [0.4, 0.5) is 8.78 Å². The molecular weight excluding hydrogens is 482 g/mol. The number of nitrogens with one attached hydrogen (secondary N) is 2. The minimum absolute atomic E-state index is 0.0724. The first-order valence-corrected chi connectivity index (χ1v) is 13.0. The third-order valence-corrected chi connectivity index (χ3v) is 7.92. The lowest BCUT2D eigenvalue weighted by Crippen LogP contribution is -2.65. The molecule has 8 nitrogen and oxygen atoms in total. The summed E-state index contributed by atoms with van der Waals surface area (Å²) < 4.78 is 38.7. The number of carbonyl (C=O) groups is 1. The predicted molar refractivity (Wildman–Crippen MR) is 120 cm³/mol. The van der Waals surface area contributed by atoms with E-state index in [4.69, 9.17) is 21.1 Å². The van der Waals surface area contributed by atoms with Crippen LogP contribution >= 0.6 is 23.4 Å². The average molecular weight is 517 g/mol. The van der Waals surface area contributed by atoms with Gasteiger partial charge in [-0.25, -0.2) is 8.78 Å². The van der Waals surface area contributed by atoms with Crippen molar-refractivity contribution in [1.29, 1.82) is 0 Å². The standard InChI is InChI=1S/C21H35ClF2N2O6S/c1-9(22)12(18-15(28)14(27)16(29)20(32-18)33-3)26-19(30)13-17-11(8-25-13)6-10(4-5-31-17)7-21(2,23)24/h9-18,20,25,27-29H,4-8H2,1-3H3,(H,26,30)/t9-,10+,11-,12+,13-,14?,15-,16+,17+,18+,20?/m0/s1. The van der Waals surface area contributed by atoms with Gasteiger partial charge in [-0.2, -0.15) is 0 Å². The Bertz CT molecular complexity index is 673. The van der Waals surface area contributed by atoms with Gasteiger partial charge in [0.1, 0.15) is 35.9 Å². The summed E-state index contributed by atoms with van der Waals surface area (Å²) in [7, 11) is 0. The molecule has 12 heteroatoms. The Morgan fingerprint density at radius 1 is 1.30 bits per heavy atom. The number of halogens is 3. The van der Waals surface area contributed by atoms with Gasteiger partial charge in [0.05, 0.1) is 17.5 Å². The Morgan fingerprint density at radius 3 is 2.61 bits per heavy atom. The molecule has 192 valence electrons. The number of rotatable bonds is 7. The number of alkyl halides is 3. The van der Waals surface area contributed by atoms with E-state index < -0.39 is 65.2 Å². The summed E-state index contributed by atoms with van der Waals surface area (Å²) in [6, 6.07) is -1.56. The predicted octanol–water partition coefficient (Wildman–Crippen LogP) is 0.698. The molecule has 3 aliphatic heterocycles. The SMILES string of the molecule is CSC1O[C@H]([C@H](NC(=O)[C@H]2NC[C@@H]3C[C@H](CC(C)(F)F)CCO[C@H]32)[C@H](C)Cl)[C@@H](O)C(O)[C@H]1O. The summed E-state index contributed by atoms with van der Waals surface area (Å²) >= 11 is 7.51. The molecule has 0 bridgehead atoms. The van der Waals surface area contributed by atoms with Crippen molar-refractivity contribution in [3.63, 3.8) is 0 Å². The maximum absolute atomic E-state index is 13.5. The van der Waals surface area contributed by atoms with Gasteiger partial charge in [0, 0.05) is 19.6 Å². The van der Waals surface area contributed by atoms with E-state index in [1.807, 2.05) is 0 Å². The lowest BCUT2D eigenvalue weighted by atomic mass is 9.86. The Hall–Kier alpha value is -0.270. The molecule has 3 rings (SSSR count). The first kappa shape index (κ1) is 27.3. The summed E-state index contributed by atoms with van der Waals surface area (Å²) in [4.78, 5) is 13.2. The van der Waals surface area contributed by atoms with Crippen molar-refractivity contribution in [2.24, 2.45) is 11.8 Å². The normalized spacial score (nSPS) is 41.7. The van der Waals surface area contributed by atoms with Gasteiger partial charge in [0.25, 0.3) is 0 Å². The van der Waals surface area contributed by atoms with E-state index in [2.05, 4.69) is 10.6 Å². The van der Waals surface area contributed by atoms with Crippen molar-refractivity contribution in [3.05, 3.63) is 0 Å². The second kappa shape index (κ2) is 11.2. The van der Waals surface area contributed by atoms with Gasteiger partial charge in [0.2, 0.25) is 11.8 Å². The largest absolute Gasteiger partial charge is 0.388 e. The first-order chi connectivity index (χ1) is 15.4. The second-order valence-electron chi connectivity index (χ2n) is 9.53. The highest BCUT2D eigenvalue weighted by Gasteiger charge is 2.49. The van der Waals surface area contributed by atoms with Crippen molar-refractivity contribution in [3.8, 4) is 0 Å². The fourth-order valence-corrected chi connectivity index (χ4v) is 6.05. The van der Waals surface area contributed by atoms with E-state index in [0.29, 0.717) is 26.0 Å². The van der Waals surface area contributed by atoms with Crippen LogP contribution in [0.2, 0.25) is 0 Å². The van der Waals surface area contributed by atoms with Gasteiger partial charge >= 0.3 is 0 Å². The minimum Gasteiger partial charge on any atom is -0.388 e. The van der Waals surface area contributed by atoms with Gasteiger partial charge in [-0.1, -0.05) is 0 Å². The van der Waals surface area contributed by atoms with Crippen molar-refractivity contribution in [2.45, 2.75) is 92.4 Å². The maximum atomic E-state index is 13.5. The van der Waals surface area contributed by atoms with Crippen LogP contribution in [-0.4, -0.2) is 100.0 Å². The molecule has 11 atom stereocenters. The summed E-state index contributed by atoms with van der Waals surface area (Å²) in [5, 5.41) is 36.2. The van der Waals surface area contributed by atoms with Crippen molar-refractivity contribution in [1.82, 2.24) is 10.6 Å². The van der Waals surface area contributed by atoms with Crippen LogP contribution in [-0.2, 0) is 14.3 Å². The first-order valence-electron chi connectivity index (χ1n) is 11.3. The number of fused-ring (bicyclic) bond motifs is 1. The van der Waals surface area contributed by atoms with E-state index >= 15 is 0 Å². The van der Waals surface area contributed by atoms with Crippen LogP contribution in [0.5, 0.6) is 0 Å². The third kappa shape index (κ3) is 6.49. The van der Waals surface area contributed by atoms with Gasteiger partial charge in [-0.3, -0.25) is 4.79 Å². The van der Waals surface area contributed by atoms with E-state index in [-0.39, 0.29) is 18.3 Å². The molecular formula is C21H35ClF2N2O6S. The smallest absolute Gasteiger partial charge is 0.245 e. The van der Waals surface area contributed by atoms with Gasteiger partial charge in [-0.15, -0.1) is 23.4 Å². The number of ether oxygens (including phenoxy) is 2. The zero-order chi connectivity index (χ0) is 24.5. The van der Waals surface area contributed by atoms with E-state index in [1.165, 1.54) is 11.8 Å². The number of hydrogen-bond donors (Lipinski definition) is 5. The zero-order valence-corrected chi connectivity index (χ0v) is 20.6. The molecule has 0 spiro atoms. The number of thioether (sulfide) groups is 1. The Labute approximate surface area is 202 Å². The molecule has 1 amide bonds. The summed E-state index contributed by atoms with van der Waals surface area (Å²) in [5.41, 5.74) is -0.795. The summed E-state index contributed by atoms with van der Waals surface area (Å²) in [6.45, 7) is 3.33. The fourth-order valence-electron chi connectivity index (χ4n) is 5.16. The number of hydrogen-bond acceptors (Lipinski definition) is 8. The van der Waals surface area contributed by atoms with Crippen LogP contribution in [0.1, 0.15) is 33.1 Å². The molecule has 5 N–H and O–H groups in total. The van der Waals surface area contributed by atoms with Crippen molar-refractivity contribution < 1.29 is 38.4 Å². The third-order valence-electron chi connectivity index (χ3n) is 6.79. The van der Waals surface area contributed by atoms with Gasteiger partial charge < -0.3 is 35.4 Å². The van der Waals surface area contributed by atoms with Crippen molar-refractivity contribution in [2.75, 3.05) is 19.4 Å². The molecule has 0 aromatic carbocycles. The molecule has 3 aliphatic rings. The molecule has 3 saturated heterocycles. The average Bonchev–Trinajstić information content (AvgIpc) is 3.01. The lowest BCUT2D eigenvalue weighted by Gasteiger charge is -2.44. The highest BCUT2D eigenvalue weighted by molar-refractivity contribution is 7.99. The molecule has 2 unspecified atom stereocenters. The van der Waals surface area contributed by atoms with Crippen molar-refractivity contribution >= 4 is 29.3 Å². The van der Waals surface area contributed by atoms with Crippen LogP contribution in [0.3, 0.4) is 0 Å². The molecule has 0 radical (unpaired) electrons. The van der Waals surface area contributed by atoms with Gasteiger partial charge in [0.15, 0.2) is 0 Å². The molecule has 33 heavy (non-hydrogen) atoms. The molecule has 0 aliphatic carbocycles. The monoisotopic (exact) mass is 516 g/mol. The maximum Gasteiger partial charge on any atom is 0.245 e. The molecule has 0 saturated carbocycles. The van der Waals surface area contributed by atoms with Crippen LogP contribution in [0.15, 0.2) is 0 Å². The molecule has 0 aromatic rings. The summed E-state index contributed by atoms with van der Waals surface area (Å²) in [6.07, 6.45) is -3.14. The Kier molecular flexibility index (Phi) is 9.27. The topological polar surface area (TPSA) is 120 Å². The number of carbonyl (C=O) groups excluding carboxylic acids is 1. The molecule has 3 fully saturated rings. The van der Waals surface area contributed by atoms with E-state index in [9.17, 15) is 28.9 Å². The van der Waals surface area contributed by atoms with Crippen LogP contribution in [0.25, 0.3) is 0 Å². The van der Waals surface area contributed by atoms with Crippen LogP contribution in [0, 0.1) is 11.8 Å². The summed E-state index contributed by atoms with van der Waals surface area (Å²) in [5.74, 6) is -3.40. The lowest BCUT2D eigenvalue weighted by molar-refractivity contribution is -0.205. The highest BCUT2D eigenvalue weighted by Crippen LogP contribution is 2.36. The minimum atomic E-state index is -2.75. The van der Waals surface area contributed by atoms with Crippen LogP contribution < -0.4 is 10.6 Å². The Balaban J connectivity index is 1.68. The molecule has 0 aromatic heterocycles. The zero-order valence-electron chi connectivity index (χ0n) is 19.0. The van der Waals surface area contributed by atoms with E-state index in [0.717, 1.165) is 6.92 Å². The number of amides is 1. The second-order valence-corrected chi connectivity index (χ2v) is 11.2. The fraction of sp³-hybridized carbons (Fsp3) is 0.952. The van der Waals surface area contributed by atoms with Gasteiger partial charge in [-0.05, 0) is 44.8 Å². The highest BCUT2D eigenvalue weighted by atomic mass is 35.5. The van der Waals surface area contributed by atoms with E-state index in [1.54, 1.807) is 13.2 Å². The molecule has 3 heterocycles. The number of aliphatic hydroxyl groups excluding tert-OH is 3. The quantitative estimate of drug-likeness (QED) is 0.314. The Morgan fingerprint density at radius 2 is 2.00 bits per heavy atom.